The number of benzene rings is 1. The molecule has 1 nitrogen and oxygen atoms in total. The Morgan fingerprint density at radius 1 is 1.38 bits per heavy atom. The smallest absolute Gasteiger partial charge is 0.0384 e. The Morgan fingerprint density at radius 3 is 2.77 bits per heavy atom. The van der Waals surface area contributed by atoms with Gasteiger partial charge >= 0.3 is 0 Å². The molecule has 0 radical (unpaired) electrons. The molecule has 0 aliphatic rings. The van der Waals surface area contributed by atoms with Crippen molar-refractivity contribution in [2.24, 2.45) is 0 Å². The Hall–Kier alpha value is -1.24. The van der Waals surface area contributed by atoms with E-state index in [-0.39, 0.29) is 0 Å². The molecule has 0 unspecified atom stereocenters. The van der Waals surface area contributed by atoms with E-state index in [1.54, 1.807) is 0 Å². The Bertz CT molecular complexity index is 289. The van der Waals surface area contributed by atoms with E-state index in [1.165, 1.54) is 5.56 Å². The summed E-state index contributed by atoms with van der Waals surface area (Å²) < 4.78 is 0. The first-order chi connectivity index (χ1) is 6.26. The van der Waals surface area contributed by atoms with Gasteiger partial charge in [-0.2, -0.15) is 0 Å². The average molecular weight is 175 g/mol. The Morgan fingerprint density at radius 2 is 2.15 bits per heavy atom. The van der Waals surface area contributed by atoms with Crippen LogP contribution in [0.5, 0.6) is 0 Å². The van der Waals surface area contributed by atoms with Crippen LogP contribution in [0.3, 0.4) is 0 Å². The van der Waals surface area contributed by atoms with Gasteiger partial charge in [-0.25, -0.2) is 0 Å². The number of hydrogen-bond acceptors (Lipinski definition) is 1. The lowest BCUT2D eigenvalue weighted by Crippen LogP contribution is -1.96. The molecule has 1 aromatic carbocycles. The second-order valence-corrected chi connectivity index (χ2v) is 3.14. The van der Waals surface area contributed by atoms with Gasteiger partial charge in [0.15, 0.2) is 0 Å². The zero-order valence-electron chi connectivity index (χ0n) is 8.43. The molecule has 1 rings (SSSR count). The molecule has 1 heteroatoms. The third-order valence-corrected chi connectivity index (χ3v) is 2.08. The van der Waals surface area contributed by atoms with Crippen molar-refractivity contribution in [3.8, 4) is 0 Å². The van der Waals surface area contributed by atoms with Gasteiger partial charge in [-0.1, -0.05) is 32.6 Å². The van der Waals surface area contributed by atoms with Gasteiger partial charge in [0, 0.05) is 11.4 Å². The summed E-state index contributed by atoms with van der Waals surface area (Å²) in [7, 11) is 0. The first kappa shape index (κ1) is 9.85. The van der Waals surface area contributed by atoms with Crippen molar-refractivity contribution in [2.75, 3.05) is 5.32 Å². The number of anilines is 1. The predicted molar refractivity (Wildman–Crippen MR) is 58.9 cm³/mol. The molecule has 0 atom stereocenters. The van der Waals surface area contributed by atoms with Gasteiger partial charge in [-0.15, -0.1) is 0 Å². The van der Waals surface area contributed by atoms with E-state index < -0.39 is 0 Å². The normalized spacial score (nSPS) is 9.69. The number of rotatable bonds is 4. The lowest BCUT2D eigenvalue weighted by molar-refractivity contribution is 1.11. The molecule has 0 aliphatic carbocycles. The van der Waals surface area contributed by atoms with Gasteiger partial charge in [-0.05, 0) is 30.5 Å². The lowest BCUT2D eigenvalue weighted by Gasteiger charge is -2.08. The van der Waals surface area contributed by atoms with Gasteiger partial charge < -0.3 is 5.32 Å². The van der Waals surface area contributed by atoms with Crippen LogP contribution in [0.15, 0.2) is 36.5 Å². The van der Waals surface area contributed by atoms with Crippen molar-refractivity contribution in [1.82, 2.24) is 0 Å². The summed E-state index contributed by atoms with van der Waals surface area (Å²) in [6, 6.07) is 8.45. The maximum absolute atomic E-state index is 3.91. The molecular formula is C12H17N. The summed E-state index contributed by atoms with van der Waals surface area (Å²) in [6.45, 7) is 8.17. The third kappa shape index (κ3) is 2.94. The minimum atomic E-state index is 0.969. The van der Waals surface area contributed by atoms with E-state index in [0.717, 1.165) is 24.2 Å². The Balaban J connectivity index is 2.71. The van der Waals surface area contributed by atoms with E-state index in [0.29, 0.717) is 0 Å². The second-order valence-electron chi connectivity index (χ2n) is 3.14. The molecule has 0 saturated heterocycles. The summed E-state index contributed by atoms with van der Waals surface area (Å²) in [5, 5.41) is 3.27. The van der Waals surface area contributed by atoms with E-state index in [4.69, 9.17) is 0 Å². The molecule has 0 fully saturated rings. The van der Waals surface area contributed by atoms with Crippen LogP contribution in [0, 0.1) is 0 Å². The van der Waals surface area contributed by atoms with Crippen molar-refractivity contribution in [2.45, 2.75) is 26.7 Å². The fourth-order valence-electron chi connectivity index (χ4n) is 1.16. The molecule has 70 valence electrons. The highest BCUT2D eigenvalue weighted by Gasteiger charge is 1.94. The maximum atomic E-state index is 3.91. The highest BCUT2D eigenvalue weighted by molar-refractivity contribution is 5.49. The monoisotopic (exact) mass is 175 g/mol. The molecule has 0 bridgehead atoms. The second kappa shape index (κ2) is 4.70. The van der Waals surface area contributed by atoms with Gasteiger partial charge in [0.1, 0.15) is 0 Å². The van der Waals surface area contributed by atoms with Crippen molar-refractivity contribution >= 4 is 5.69 Å². The predicted octanol–water partition coefficient (Wildman–Crippen LogP) is 3.58. The fraction of sp³-hybridized carbons (Fsp3) is 0.333. The summed E-state index contributed by atoms with van der Waals surface area (Å²) >= 11 is 0. The summed E-state index contributed by atoms with van der Waals surface area (Å²) in [5.41, 5.74) is 3.56. The minimum absolute atomic E-state index is 0.969. The van der Waals surface area contributed by atoms with Gasteiger partial charge in [0.25, 0.3) is 0 Å². The molecule has 0 amide bonds. The lowest BCUT2D eigenvalue weighted by atomic mass is 10.1. The zero-order chi connectivity index (χ0) is 9.68. The van der Waals surface area contributed by atoms with E-state index in [1.807, 2.05) is 0 Å². The summed E-state index contributed by atoms with van der Waals surface area (Å²) in [4.78, 5) is 0. The van der Waals surface area contributed by atoms with Crippen molar-refractivity contribution in [1.29, 1.82) is 0 Å². The summed E-state index contributed by atoms with van der Waals surface area (Å²) in [5.74, 6) is 0. The minimum Gasteiger partial charge on any atom is -0.359 e. The molecule has 1 aromatic rings. The quantitative estimate of drug-likeness (QED) is 0.737. The van der Waals surface area contributed by atoms with Crippen LogP contribution in [0.2, 0.25) is 0 Å². The fourth-order valence-corrected chi connectivity index (χ4v) is 1.16. The van der Waals surface area contributed by atoms with Crippen LogP contribution < -0.4 is 5.32 Å². The maximum Gasteiger partial charge on any atom is 0.0384 e. The molecule has 0 aliphatic heterocycles. The van der Waals surface area contributed by atoms with Crippen LogP contribution in [-0.2, 0) is 6.42 Å². The number of allylic oxidation sites excluding steroid dienone is 1. The zero-order valence-corrected chi connectivity index (χ0v) is 8.43. The van der Waals surface area contributed by atoms with Crippen molar-refractivity contribution in [3.63, 3.8) is 0 Å². The van der Waals surface area contributed by atoms with E-state index >= 15 is 0 Å². The molecule has 0 saturated carbocycles. The van der Waals surface area contributed by atoms with Crippen LogP contribution in [0.4, 0.5) is 5.69 Å². The molecular weight excluding hydrogens is 158 g/mol. The SMILES string of the molecule is C=C(CC)Nc1cccc(CC)c1. The van der Waals surface area contributed by atoms with Crippen LogP contribution in [-0.4, -0.2) is 0 Å². The first-order valence-electron chi connectivity index (χ1n) is 4.80. The Labute approximate surface area is 80.5 Å². The molecule has 1 N–H and O–H groups in total. The largest absolute Gasteiger partial charge is 0.359 e. The van der Waals surface area contributed by atoms with Crippen LogP contribution in [0.25, 0.3) is 0 Å². The molecule has 0 spiro atoms. The van der Waals surface area contributed by atoms with Gasteiger partial charge in [0.2, 0.25) is 0 Å². The topological polar surface area (TPSA) is 12.0 Å². The van der Waals surface area contributed by atoms with Crippen LogP contribution >= 0.6 is 0 Å². The highest BCUT2D eigenvalue weighted by Crippen LogP contribution is 2.13. The first-order valence-corrected chi connectivity index (χ1v) is 4.80. The number of hydrogen-bond donors (Lipinski definition) is 1. The summed E-state index contributed by atoms with van der Waals surface area (Å²) in [6.07, 6.45) is 2.05. The van der Waals surface area contributed by atoms with E-state index in [2.05, 4.69) is 50.0 Å². The van der Waals surface area contributed by atoms with Gasteiger partial charge in [-0.3, -0.25) is 0 Å². The number of aryl methyl sites for hydroxylation is 1. The van der Waals surface area contributed by atoms with Crippen LogP contribution in [0.1, 0.15) is 25.8 Å². The highest BCUT2D eigenvalue weighted by atomic mass is 14.9. The third-order valence-electron chi connectivity index (χ3n) is 2.08. The molecule has 13 heavy (non-hydrogen) atoms. The standard InChI is InChI=1S/C12H17N/c1-4-10(3)13-12-8-6-7-11(5-2)9-12/h6-9,13H,3-5H2,1-2H3. The number of nitrogens with one attached hydrogen (secondary N) is 1. The Kier molecular flexibility index (Phi) is 3.56. The molecule has 0 aromatic heterocycles. The van der Waals surface area contributed by atoms with Gasteiger partial charge in [0.05, 0.1) is 0 Å². The van der Waals surface area contributed by atoms with E-state index in [9.17, 15) is 0 Å². The van der Waals surface area contributed by atoms with Crippen molar-refractivity contribution in [3.05, 3.63) is 42.1 Å². The van der Waals surface area contributed by atoms with Crippen molar-refractivity contribution < 1.29 is 0 Å². The average Bonchev–Trinajstić information content (AvgIpc) is 2.18. The molecule has 0 heterocycles.